The first-order chi connectivity index (χ1) is 11.8. The van der Waals surface area contributed by atoms with Crippen LogP contribution in [0.25, 0.3) is 11.5 Å². The van der Waals surface area contributed by atoms with Gasteiger partial charge in [0.2, 0.25) is 5.89 Å². The molecule has 1 heterocycles. The van der Waals surface area contributed by atoms with Gasteiger partial charge in [0.25, 0.3) is 0 Å². The fourth-order valence-corrected chi connectivity index (χ4v) is 2.42. The number of carboxylic acids is 1. The third-order valence-electron chi connectivity index (χ3n) is 3.56. The second kappa shape index (κ2) is 6.46. The van der Waals surface area contributed by atoms with Crippen LogP contribution in [-0.4, -0.2) is 22.4 Å². The van der Waals surface area contributed by atoms with Gasteiger partial charge in [0.15, 0.2) is 0 Å². The first kappa shape index (κ1) is 16.8. The van der Waals surface area contributed by atoms with E-state index in [1.165, 1.54) is 30.5 Å². The number of halogens is 3. The molecule has 130 valence electrons. The number of nitrogens with zero attached hydrogens (tertiary/aromatic N) is 1. The summed E-state index contributed by atoms with van der Waals surface area (Å²) in [5.74, 6) is -1.03. The molecule has 25 heavy (non-hydrogen) atoms. The summed E-state index contributed by atoms with van der Waals surface area (Å²) in [6.45, 7) is 0. The Morgan fingerprint density at radius 3 is 2.64 bits per heavy atom. The molecule has 1 N–H and O–H groups in total. The van der Waals surface area contributed by atoms with E-state index in [1.807, 2.05) is 0 Å². The summed E-state index contributed by atoms with van der Waals surface area (Å²) in [5, 5.41) is 8.88. The molecule has 1 aromatic heterocycles. The summed E-state index contributed by atoms with van der Waals surface area (Å²) in [6.07, 6.45) is 1.13. The van der Waals surface area contributed by atoms with Crippen LogP contribution >= 0.6 is 0 Å². The highest BCUT2D eigenvalue weighted by Gasteiger charge is 2.33. The number of aromatic carboxylic acids is 1. The lowest BCUT2D eigenvalue weighted by atomic mass is 9.97. The fraction of sp³-hybridized carbons (Fsp3) is 0.176. The van der Waals surface area contributed by atoms with E-state index in [0.717, 1.165) is 0 Å². The quantitative estimate of drug-likeness (QED) is 0.878. The number of carbonyl (C=O) groups is 1. The molecule has 0 radical (unpaired) electrons. The zero-order chi connectivity index (χ0) is 18.0. The van der Waals surface area contributed by atoms with Crippen LogP contribution in [0.1, 0.15) is 28.5 Å². The molecule has 8 heteroatoms. The van der Waals surface area contributed by atoms with E-state index in [-0.39, 0.29) is 23.6 Å². The number of allylic oxidation sites excluding steroid dienone is 4. The van der Waals surface area contributed by atoms with Gasteiger partial charge in [-0.3, -0.25) is 0 Å². The lowest BCUT2D eigenvalue weighted by Gasteiger charge is -2.18. The van der Waals surface area contributed by atoms with E-state index in [0.29, 0.717) is 11.3 Å². The second-order valence-electron chi connectivity index (χ2n) is 5.33. The van der Waals surface area contributed by atoms with E-state index < -0.39 is 18.2 Å². The Balaban J connectivity index is 1.74. The molecule has 0 saturated carbocycles. The minimum Gasteiger partial charge on any atom is -0.478 e. The van der Waals surface area contributed by atoms with Gasteiger partial charge in [-0.2, -0.15) is 0 Å². The summed E-state index contributed by atoms with van der Waals surface area (Å²) in [7, 11) is 0. The maximum atomic E-state index is 12.3. The standard InChI is InChI=1S/C17H12F3NO4/c18-17(19,20)25-13-3-1-2-12(8-13)14-9-21-15(24-14)10-4-6-11(7-5-10)16(22)23/h1-7,9,12H,8H2,(H,22,23). The van der Waals surface area contributed by atoms with Crippen LogP contribution in [0.15, 0.2) is 58.9 Å². The molecule has 0 amide bonds. The van der Waals surface area contributed by atoms with Crippen molar-refractivity contribution in [1.82, 2.24) is 4.98 Å². The van der Waals surface area contributed by atoms with Crippen molar-refractivity contribution < 1.29 is 32.2 Å². The van der Waals surface area contributed by atoms with Gasteiger partial charge in [-0.1, -0.05) is 12.2 Å². The Morgan fingerprint density at radius 1 is 1.28 bits per heavy atom. The van der Waals surface area contributed by atoms with Crippen molar-refractivity contribution in [2.75, 3.05) is 0 Å². The SMILES string of the molecule is O=C(O)c1ccc(-c2ncc(C3C=CC=C(OC(F)(F)F)C3)o2)cc1. The maximum Gasteiger partial charge on any atom is 0.572 e. The first-order valence-electron chi connectivity index (χ1n) is 7.24. The number of ether oxygens (including phenoxy) is 1. The molecule has 0 saturated heterocycles. The average Bonchev–Trinajstić information content (AvgIpc) is 3.03. The van der Waals surface area contributed by atoms with Crippen molar-refractivity contribution >= 4 is 5.97 Å². The number of oxazole rings is 1. The zero-order valence-corrected chi connectivity index (χ0v) is 12.7. The van der Waals surface area contributed by atoms with Gasteiger partial charge in [0.1, 0.15) is 11.5 Å². The van der Waals surface area contributed by atoms with Gasteiger partial charge < -0.3 is 14.3 Å². The number of hydrogen-bond donors (Lipinski definition) is 1. The van der Waals surface area contributed by atoms with E-state index in [1.54, 1.807) is 18.2 Å². The van der Waals surface area contributed by atoms with Crippen molar-refractivity contribution in [3.63, 3.8) is 0 Å². The summed E-state index contributed by atoms with van der Waals surface area (Å²) in [4.78, 5) is 15.0. The molecule has 1 aromatic carbocycles. The summed E-state index contributed by atoms with van der Waals surface area (Å²) in [5.41, 5.74) is 0.697. The molecule has 1 aliphatic carbocycles. The van der Waals surface area contributed by atoms with Crippen molar-refractivity contribution in [3.8, 4) is 11.5 Å². The van der Waals surface area contributed by atoms with E-state index >= 15 is 0 Å². The number of alkyl halides is 3. The topological polar surface area (TPSA) is 72.6 Å². The molecule has 0 fully saturated rings. The summed E-state index contributed by atoms with van der Waals surface area (Å²) < 4.78 is 46.5. The molecule has 0 bridgehead atoms. The van der Waals surface area contributed by atoms with Crippen molar-refractivity contribution in [1.29, 1.82) is 0 Å². The third kappa shape index (κ3) is 4.09. The Morgan fingerprint density at radius 2 is 2.00 bits per heavy atom. The van der Waals surface area contributed by atoms with Crippen LogP contribution in [0.2, 0.25) is 0 Å². The number of hydrogen-bond acceptors (Lipinski definition) is 4. The van der Waals surface area contributed by atoms with Crippen molar-refractivity contribution in [2.45, 2.75) is 18.7 Å². The molecule has 1 aliphatic rings. The smallest absolute Gasteiger partial charge is 0.478 e. The number of carboxylic acid groups (broad SMARTS) is 1. The lowest BCUT2D eigenvalue weighted by Crippen LogP contribution is -2.15. The number of aromatic nitrogens is 1. The Hall–Kier alpha value is -3.03. The Kier molecular flexibility index (Phi) is 4.35. The molecule has 2 aromatic rings. The molecule has 0 spiro atoms. The van der Waals surface area contributed by atoms with Gasteiger partial charge in [0, 0.05) is 17.9 Å². The molecule has 1 atom stereocenters. The van der Waals surface area contributed by atoms with Crippen LogP contribution in [0.5, 0.6) is 0 Å². The van der Waals surface area contributed by atoms with E-state index in [4.69, 9.17) is 9.52 Å². The lowest BCUT2D eigenvalue weighted by molar-refractivity contribution is -0.306. The van der Waals surface area contributed by atoms with Crippen LogP contribution in [-0.2, 0) is 4.74 Å². The minimum absolute atomic E-state index is 0.00257. The molecule has 0 aliphatic heterocycles. The van der Waals surface area contributed by atoms with Gasteiger partial charge in [-0.15, -0.1) is 13.2 Å². The Labute approximate surface area is 140 Å². The number of rotatable bonds is 4. The largest absolute Gasteiger partial charge is 0.572 e. The first-order valence-corrected chi connectivity index (χ1v) is 7.24. The van der Waals surface area contributed by atoms with E-state index in [9.17, 15) is 18.0 Å². The third-order valence-corrected chi connectivity index (χ3v) is 3.56. The van der Waals surface area contributed by atoms with Crippen LogP contribution in [0, 0.1) is 0 Å². The van der Waals surface area contributed by atoms with Gasteiger partial charge >= 0.3 is 12.3 Å². The Bertz CT molecular complexity index is 834. The van der Waals surface area contributed by atoms with Crippen molar-refractivity contribution in [3.05, 3.63) is 65.8 Å². The molecular weight excluding hydrogens is 339 g/mol. The highest BCUT2D eigenvalue weighted by Crippen LogP contribution is 2.34. The second-order valence-corrected chi connectivity index (χ2v) is 5.33. The van der Waals surface area contributed by atoms with Gasteiger partial charge in [-0.25, -0.2) is 9.78 Å². The average molecular weight is 351 g/mol. The van der Waals surface area contributed by atoms with Crippen LogP contribution in [0.4, 0.5) is 13.2 Å². The number of benzene rings is 1. The van der Waals surface area contributed by atoms with E-state index in [2.05, 4.69) is 9.72 Å². The van der Waals surface area contributed by atoms with Gasteiger partial charge in [0.05, 0.1) is 11.8 Å². The minimum atomic E-state index is -4.74. The predicted octanol–water partition coefficient (Wildman–Crippen LogP) is 4.50. The highest BCUT2D eigenvalue weighted by atomic mass is 19.4. The summed E-state index contributed by atoms with van der Waals surface area (Å²) >= 11 is 0. The molecule has 1 unspecified atom stereocenters. The molecule has 3 rings (SSSR count). The van der Waals surface area contributed by atoms with Crippen LogP contribution in [0.3, 0.4) is 0 Å². The predicted molar refractivity (Wildman–Crippen MR) is 80.6 cm³/mol. The van der Waals surface area contributed by atoms with Gasteiger partial charge in [-0.05, 0) is 30.3 Å². The van der Waals surface area contributed by atoms with Crippen LogP contribution < -0.4 is 0 Å². The summed E-state index contributed by atoms with van der Waals surface area (Å²) in [6, 6.07) is 5.93. The monoisotopic (exact) mass is 351 g/mol. The normalized spacial score (nSPS) is 17.2. The highest BCUT2D eigenvalue weighted by molar-refractivity contribution is 5.88. The molecule has 5 nitrogen and oxygen atoms in total. The fourth-order valence-electron chi connectivity index (χ4n) is 2.42. The molecular formula is C17H12F3NO4. The zero-order valence-electron chi connectivity index (χ0n) is 12.7. The van der Waals surface area contributed by atoms with Crippen molar-refractivity contribution in [2.24, 2.45) is 0 Å². The maximum absolute atomic E-state index is 12.3.